The Morgan fingerprint density at radius 1 is 1.25 bits per heavy atom. The van der Waals surface area contributed by atoms with Crippen molar-refractivity contribution in [3.63, 3.8) is 0 Å². The topological polar surface area (TPSA) is 52.7 Å². The normalized spacial score (nSPS) is 25.6. The summed E-state index contributed by atoms with van der Waals surface area (Å²) >= 11 is 0. The smallest absolute Gasteiger partial charge is 0.282 e. The van der Waals surface area contributed by atoms with Gasteiger partial charge in [0.15, 0.2) is 0 Å². The number of rotatable bonds is 7. The molecule has 2 aliphatic rings. The molecule has 0 amide bonds. The second-order valence-electron chi connectivity index (χ2n) is 6.54. The summed E-state index contributed by atoms with van der Waals surface area (Å²) in [4.78, 5) is 0. The lowest BCUT2D eigenvalue weighted by molar-refractivity contribution is 0.233. The molecule has 0 radical (unpaired) electrons. The molecule has 20 heavy (non-hydrogen) atoms. The van der Waals surface area contributed by atoms with Gasteiger partial charge in [0, 0.05) is 25.7 Å². The van der Waals surface area contributed by atoms with E-state index in [-0.39, 0.29) is 6.04 Å². The Morgan fingerprint density at radius 3 is 2.50 bits per heavy atom. The quantitative estimate of drug-likeness (QED) is 0.771. The van der Waals surface area contributed by atoms with Crippen molar-refractivity contribution in [2.45, 2.75) is 45.6 Å². The van der Waals surface area contributed by atoms with Gasteiger partial charge in [-0.2, -0.15) is 17.0 Å². The minimum absolute atomic E-state index is 0.0466. The molecule has 1 saturated heterocycles. The molecule has 0 spiro atoms. The number of hydrogen-bond donors (Lipinski definition) is 1. The van der Waals surface area contributed by atoms with Gasteiger partial charge in [0.1, 0.15) is 0 Å². The summed E-state index contributed by atoms with van der Waals surface area (Å²) in [5.41, 5.74) is 0. The Balaban J connectivity index is 2.05. The largest absolute Gasteiger partial charge is 0.319 e. The van der Waals surface area contributed by atoms with Crippen molar-refractivity contribution < 1.29 is 8.42 Å². The molecule has 0 aromatic heterocycles. The maximum Gasteiger partial charge on any atom is 0.282 e. The van der Waals surface area contributed by atoms with Crippen LogP contribution in [-0.2, 0) is 10.2 Å². The Kier molecular flexibility index (Phi) is 5.45. The van der Waals surface area contributed by atoms with Crippen molar-refractivity contribution in [1.29, 1.82) is 0 Å². The van der Waals surface area contributed by atoms with E-state index >= 15 is 0 Å². The third kappa shape index (κ3) is 3.93. The molecule has 0 aromatic rings. The summed E-state index contributed by atoms with van der Waals surface area (Å²) in [6.07, 6.45) is 4.46. The van der Waals surface area contributed by atoms with Gasteiger partial charge in [-0.25, -0.2) is 0 Å². The van der Waals surface area contributed by atoms with E-state index in [1.54, 1.807) is 8.61 Å². The van der Waals surface area contributed by atoms with Crippen LogP contribution in [0.25, 0.3) is 0 Å². The summed E-state index contributed by atoms with van der Waals surface area (Å²) in [6, 6.07) is 0.0466. The van der Waals surface area contributed by atoms with Crippen molar-refractivity contribution in [3.05, 3.63) is 0 Å². The number of piperidine rings is 1. The van der Waals surface area contributed by atoms with Crippen molar-refractivity contribution in [3.8, 4) is 0 Å². The molecule has 2 fully saturated rings. The van der Waals surface area contributed by atoms with E-state index in [4.69, 9.17) is 0 Å². The van der Waals surface area contributed by atoms with E-state index in [0.717, 1.165) is 19.4 Å². The molecule has 1 heterocycles. The van der Waals surface area contributed by atoms with Gasteiger partial charge in [-0.15, -0.1) is 0 Å². The summed E-state index contributed by atoms with van der Waals surface area (Å²) < 4.78 is 29.2. The second kappa shape index (κ2) is 6.73. The van der Waals surface area contributed by atoms with E-state index in [2.05, 4.69) is 5.32 Å². The van der Waals surface area contributed by atoms with Gasteiger partial charge in [-0.05, 0) is 65.0 Å². The highest BCUT2D eigenvalue weighted by Gasteiger charge is 2.37. The van der Waals surface area contributed by atoms with Gasteiger partial charge >= 0.3 is 0 Å². The fraction of sp³-hybridized carbons (Fsp3) is 1.00. The molecule has 1 saturated carbocycles. The number of hydrogen-bond acceptors (Lipinski definition) is 3. The van der Waals surface area contributed by atoms with Crippen molar-refractivity contribution in [1.82, 2.24) is 13.9 Å². The van der Waals surface area contributed by atoms with Crippen LogP contribution in [0.3, 0.4) is 0 Å². The molecule has 0 bridgehead atoms. The molecular formula is C14H29N3O2S. The minimum atomic E-state index is -3.29. The average Bonchev–Trinajstić information content (AvgIpc) is 3.20. The van der Waals surface area contributed by atoms with Gasteiger partial charge in [0.25, 0.3) is 10.2 Å². The van der Waals surface area contributed by atoms with Crippen molar-refractivity contribution in [2.24, 2.45) is 11.8 Å². The average molecular weight is 303 g/mol. The lowest BCUT2D eigenvalue weighted by Gasteiger charge is -2.37. The molecule has 2 rings (SSSR count). The molecular weight excluding hydrogens is 274 g/mol. The van der Waals surface area contributed by atoms with Crippen LogP contribution >= 0.6 is 0 Å². The van der Waals surface area contributed by atoms with Crippen LogP contribution < -0.4 is 5.32 Å². The minimum Gasteiger partial charge on any atom is -0.319 e. The maximum absolute atomic E-state index is 12.9. The second-order valence-corrected chi connectivity index (χ2v) is 8.42. The predicted octanol–water partition coefficient (Wildman–Crippen LogP) is 1.28. The Hall–Kier alpha value is -0.170. The van der Waals surface area contributed by atoms with Crippen LogP contribution in [0.2, 0.25) is 0 Å². The first kappa shape index (κ1) is 16.2. The highest BCUT2D eigenvalue weighted by Crippen LogP contribution is 2.32. The molecule has 1 aliphatic heterocycles. The van der Waals surface area contributed by atoms with Gasteiger partial charge in [0.05, 0.1) is 0 Å². The van der Waals surface area contributed by atoms with Crippen molar-refractivity contribution in [2.75, 3.05) is 33.2 Å². The molecule has 1 aliphatic carbocycles. The Bertz CT molecular complexity index is 405. The molecule has 118 valence electrons. The monoisotopic (exact) mass is 303 g/mol. The van der Waals surface area contributed by atoms with Gasteiger partial charge in [0.2, 0.25) is 0 Å². The van der Waals surface area contributed by atoms with Crippen LogP contribution in [0.1, 0.15) is 39.5 Å². The fourth-order valence-corrected chi connectivity index (χ4v) is 4.95. The van der Waals surface area contributed by atoms with Crippen LogP contribution in [-0.4, -0.2) is 56.3 Å². The van der Waals surface area contributed by atoms with E-state index < -0.39 is 10.2 Å². The summed E-state index contributed by atoms with van der Waals surface area (Å²) in [5, 5.41) is 3.17. The van der Waals surface area contributed by atoms with Crippen LogP contribution in [0, 0.1) is 11.8 Å². The zero-order chi connectivity index (χ0) is 14.8. The molecule has 6 heteroatoms. The maximum atomic E-state index is 12.9. The summed E-state index contributed by atoms with van der Waals surface area (Å²) in [5.74, 6) is 1.03. The number of nitrogens with one attached hydrogen (secondary N) is 1. The molecule has 1 N–H and O–H groups in total. The summed E-state index contributed by atoms with van der Waals surface area (Å²) in [6.45, 7) is 6.90. The van der Waals surface area contributed by atoms with Crippen molar-refractivity contribution >= 4 is 10.2 Å². The highest BCUT2D eigenvalue weighted by atomic mass is 32.2. The fourth-order valence-electron chi connectivity index (χ4n) is 2.97. The van der Waals surface area contributed by atoms with Gasteiger partial charge < -0.3 is 5.32 Å². The van der Waals surface area contributed by atoms with E-state index in [1.807, 2.05) is 20.9 Å². The zero-order valence-electron chi connectivity index (χ0n) is 13.0. The number of nitrogens with zero attached hydrogens (tertiary/aromatic N) is 2. The predicted molar refractivity (Wildman–Crippen MR) is 81.7 cm³/mol. The van der Waals surface area contributed by atoms with Crippen LogP contribution in [0.15, 0.2) is 0 Å². The zero-order valence-corrected chi connectivity index (χ0v) is 13.8. The first-order valence-electron chi connectivity index (χ1n) is 7.86. The first-order chi connectivity index (χ1) is 9.45. The van der Waals surface area contributed by atoms with E-state index in [9.17, 15) is 8.42 Å². The van der Waals surface area contributed by atoms with E-state index in [0.29, 0.717) is 31.5 Å². The standard InChI is InChI=1S/C14H29N3O2S/c1-12(2)17(11-13-6-7-13)20(18,19)16-8-4-5-14(10-16)9-15-3/h12-15H,4-11H2,1-3H3. The van der Waals surface area contributed by atoms with Gasteiger partial charge in [-0.1, -0.05) is 0 Å². The molecule has 0 aromatic carbocycles. The van der Waals surface area contributed by atoms with Gasteiger partial charge in [-0.3, -0.25) is 0 Å². The Labute approximate surface area is 123 Å². The molecule has 5 nitrogen and oxygen atoms in total. The summed E-state index contributed by atoms with van der Waals surface area (Å²) in [7, 11) is -1.36. The lowest BCUT2D eigenvalue weighted by Crippen LogP contribution is -2.51. The van der Waals surface area contributed by atoms with Crippen LogP contribution in [0.4, 0.5) is 0 Å². The van der Waals surface area contributed by atoms with Crippen LogP contribution in [0.5, 0.6) is 0 Å². The highest BCUT2D eigenvalue weighted by molar-refractivity contribution is 7.86. The third-order valence-corrected chi connectivity index (χ3v) is 6.46. The Morgan fingerprint density at radius 2 is 1.95 bits per heavy atom. The molecule has 1 unspecified atom stereocenters. The lowest BCUT2D eigenvalue weighted by atomic mass is 10.00. The van der Waals surface area contributed by atoms with E-state index in [1.165, 1.54) is 12.8 Å². The first-order valence-corrected chi connectivity index (χ1v) is 9.26. The molecule has 1 atom stereocenters. The third-order valence-electron chi connectivity index (χ3n) is 4.31. The SMILES string of the molecule is CNCC1CCCN(S(=O)(=O)N(CC2CC2)C(C)C)C1.